The van der Waals surface area contributed by atoms with Crippen LogP contribution in [0.4, 0.5) is 0 Å². The second-order valence-electron chi connectivity index (χ2n) is 5.15. The average Bonchev–Trinajstić information content (AvgIpc) is 2.55. The van der Waals surface area contributed by atoms with Gasteiger partial charge in [0.25, 0.3) is 10.0 Å². The number of aromatic nitrogens is 2. The van der Waals surface area contributed by atoms with Crippen molar-refractivity contribution in [2.75, 3.05) is 0 Å². The van der Waals surface area contributed by atoms with Crippen LogP contribution in [-0.4, -0.2) is 19.6 Å². The Morgan fingerprint density at radius 1 is 1.17 bits per heavy atom. The molecule has 0 aliphatic rings. The van der Waals surface area contributed by atoms with E-state index in [1.807, 2.05) is 6.92 Å². The van der Waals surface area contributed by atoms with E-state index in [1.165, 1.54) is 24.5 Å². The summed E-state index contributed by atoms with van der Waals surface area (Å²) in [4.78, 5) is 6.44. The van der Waals surface area contributed by atoms with Crippen LogP contribution < -0.4 is 9.56 Å². The number of fused-ring (bicyclic) bond motifs is 1. The lowest BCUT2D eigenvalue weighted by Gasteiger charge is -2.04. The number of sulfonamides is 1. The molecular weight excluding hydrogens is 328 g/mol. The number of benzene rings is 2. The molecule has 0 atom stereocenters. The van der Waals surface area contributed by atoms with Crippen molar-refractivity contribution in [3.05, 3.63) is 71.2 Å². The first-order valence-electron chi connectivity index (χ1n) is 7.06. The Morgan fingerprint density at radius 3 is 2.62 bits per heavy atom. The van der Waals surface area contributed by atoms with E-state index in [0.717, 1.165) is 5.56 Å². The number of hydrogen-bond acceptors (Lipinski definition) is 5. The van der Waals surface area contributed by atoms with Crippen molar-refractivity contribution in [1.29, 1.82) is 0 Å². The van der Waals surface area contributed by atoms with Crippen LogP contribution in [0.1, 0.15) is 11.3 Å². The largest absolute Gasteiger partial charge is 0.618 e. The molecule has 0 unspecified atom stereocenters. The molecule has 3 rings (SSSR count). The van der Waals surface area contributed by atoms with E-state index in [9.17, 15) is 13.6 Å². The maximum atomic E-state index is 12.1. The fourth-order valence-electron chi connectivity index (χ4n) is 2.10. The van der Waals surface area contributed by atoms with E-state index in [0.29, 0.717) is 15.8 Å². The second-order valence-corrected chi connectivity index (χ2v) is 6.81. The van der Waals surface area contributed by atoms with Crippen LogP contribution in [0.25, 0.3) is 11.0 Å². The number of aryl methyl sites for hydroxylation is 1. The molecule has 0 amide bonds. The standard InChI is InChI=1S/C16H14N4O3S/c1-12-6-8-14(9-7-12)24(22,23)19-17-10-13-11-20(21)16-5-3-2-4-15(16)18-13/h2-11,19H,1H3/b17-10+. The minimum absolute atomic E-state index is 0.107. The molecule has 0 radical (unpaired) electrons. The van der Waals surface area contributed by atoms with Gasteiger partial charge in [-0.15, -0.1) is 0 Å². The van der Waals surface area contributed by atoms with E-state index in [4.69, 9.17) is 0 Å². The predicted molar refractivity (Wildman–Crippen MR) is 89.8 cm³/mol. The minimum Gasteiger partial charge on any atom is -0.618 e. The number of hydrazone groups is 1. The Morgan fingerprint density at radius 2 is 1.88 bits per heavy atom. The zero-order chi connectivity index (χ0) is 17.2. The van der Waals surface area contributed by atoms with Gasteiger partial charge in [-0.3, -0.25) is 0 Å². The zero-order valence-corrected chi connectivity index (χ0v) is 13.6. The van der Waals surface area contributed by atoms with Gasteiger partial charge in [0.05, 0.1) is 11.1 Å². The van der Waals surface area contributed by atoms with E-state index in [-0.39, 0.29) is 10.6 Å². The molecule has 8 heteroatoms. The summed E-state index contributed by atoms with van der Waals surface area (Å²) in [6, 6.07) is 13.2. The molecule has 0 aliphatic carbocycles. The van der Waals surface area contributed by atoms with Crippen molar-refractivity contribution in [2.24, 2.45) is 5.10 Å². The molecule has 7 nitrogen and oxygen atoms in total. The van der Waals surface area contributed by atoms with Crippen LogP contribution in [-0.2, 0) is 10.0 Å². The molecule has 2 aromatic carbocycles. The summed E-state index contributed by atoms with van der Waals surface area (Å²) in [5, 5.41) is 15.6. The molecule has 0 aliphatic heterocycles. The fraction of sp³-hybridized carbons (Fsp3) is 0.0625. The van der Waals surface area contributed by atoms with Crippen LogP contribution in [0.5, 0.6) is 0 Å². The molecular formula is C16H14N4O3S. The highest BCUT2D eigenvalue weighted by Gasteiger charge is 2.12. The lowest BCUT2D eigenvalue weighted by atomic mass is 10.2. The third-order valence-electron chi connectivity index (χ3n) is 3.32. The zero-order valence-electron chi connectivity index (χ0n) is 12.7. The third-order valence-corrected chi connectivity index (χ3v) is 4.56. The average molecular weight is 342 g/mol. The lowest BCUT2D eigenvalue weighted by Crippen LogP contribution is -2.28. The third kappa shape index (κ3) is 3.33. The van der Waals surface area contributed by atoms with Gasteiger partial charge in [-0.05, 0) is 25.1 Å². The second kappa shape index (κ2) is 6.25. The normalized spacial score (nSPS) is 11.9. The number of nitrogens with zero attached hydrogens (tertiary/aromatic N) is 3. The first-order chi connectivity index (χ1) is 11.5. The van der Waals surface area contributed by atoms with Gasteiger partial charge < -0.3 is 5.21 Å². The van der Waals surface area contributed by atoms with Crippen LogP contribution >= 0.6 is 0 Å². The Labute approximate surface area is 138 Å². The van der Waals surface area contributed by atoms with Crippen LogP contribution in [0, 0.1) is 12.1 Å². The Bertz CT molecular complexity index is 1020. The Hall–Kier alpha value is -3.00. The van der Waals surface area contributed by atoms with E-state index < -0.39 is 10.0 Å². The van der Waals surface area contributed by atoms with Crippen LogP contribution in [0.2, 0.25) is 0 Å². The molecule has 3 aromatic rings. The first kappa shape index (κ1) is 15.9. The van der Waals surface area contributed by atoms with Gasteiger partial charge in [0, 0.05) is 6.07 Å². The SMILES string of the molecule is Cc1ccc(S(=O)(=O)N/N=C/c2c[n+]([O-])c3ccccc3n2)cc1. The van der Waals surface area contributed by atoms with E-state index in [2.05, 4.69) is 14.9 Å². The quantitative estimate of drug-likeness (QED) is 0.336. The molecule has 122 valence electrons. The molecule has 0 saturated carbocycles. The van der Waals surface area contributed by atoms with Crippen molar-refractivity contribution in [1.82, 2.24) is 9.82 Å². The van der Waals surface area contributed by atoms with Crippen LogP contribution in [0.15, 0.2) is 64.7 Å². The van der Waals surface area contributed by atoms with Gasteiger partial charge in [-0.2, -0.15) is 23.1 Å². The van der Waals surface area contributed by atoms with Gasteiger partial charge in [0.15, 0.2) is 0 Å². The number of nitrogens with one attached hydrogen (secondary N) is 1. The van der Waals surface area contributed by atoms with Crippen molar-refractivity contribution >= 4 is 27.3 Å². The highest BCUT2D eigenvalue weighted by atomic mass is 32.2. The fourth-order valence-corrected chi connectivity index (χ4v) is 2.89. The van der Waals surface area contributed by atoms with Gasteiger partial charge in [0.1, 0.15) is 11.2 Å². The van der Waals surface area contributed by atoms with Crippen molar-refractivity contribution in [3.8, 4) is 0 Å². The van der Waals surface area contributed by atoms with Crippen molar-refractivity contribution in [3.63, 3.8) is 0 Å². The smallest absolute Gasteiger partial charge is 0.276 e. The summed E-state index contributed by atoms with van der Waals surface area (Å²) < 4.78 is 24.9. The van der Waals surface area contributed by atoms with Crippen molar-refractivity contribution < 1.29 is 13.1 Å². The summed E-state index contributed by atoms with van der Waals surface area (Å²) in [5.74, 6) is 0. The molecule has 0 saturated heterocycles. The van der Waals surface area contributed by atoms with Gasteiger partial charge in [-0.25, -0.2) is 4.98 Å². The highest BCUT2D eigenvalue weighted by molar-refractivity contribution is 7.89. The van der Waals surface area contributed by atoms with Crippen LogP contribution in [0.3, 0.4) is 0 Å². The molecule has 1 heterocycles. The summed E-state index contributed by atoms with van der Waals surface area (Å²) in [5.41, 5.74) is 2.13. The summed E-state index contributed by atoms with van der Waals surface area (Å²) in [6.07, 6.45) is 2.42. The molecule has 1 aromatic heterocycles. The summed E-state index contributed by atoms with van der Waals surface area (Å²) in [6.45, 7) is 1.87. The first-order valence-corrected chi connectivity index (χ1v) is 8.54. The van der Waals surface area contributed by atoms with E-state index >= 15 is 0 Å². The maximum absolute atomic E-state index is 12.1. The predicted octanol–water partition coefficient (Wildman–Crippen LogP) is 1.49. The van der Waals surface area contributed by atoms with Gasteiger partial charge >= 0.3 is 0 Å². The highest BCUT2D eigenvalue weighted by Crippen LogP contribution is 2.10. The molecule has 24 heavy (non-hydrogen) atoms. The molecule has 0 bridgehead atoms. The summed E-state index contributed by atoms with van der Waals surface area (Å²) >= 11 is 0. The molecule has 0 spiro atoms. The Kier molecular flexibility index (Phi) is 4.13. The van der Waals surface area contributed by atoms with Gasteiger partial charge in [0.2, 0.25) is 11.7 Å². The topological polar surface area (TPSA) is 98.4 Å². The minimum atomic E-state index is -3.76. The maximum Gasteiger partial charge on any atom is 0.276 e. The van der Waals surface area contributed by atoms with Crippen molar-refractivity contribution in [2.45, 2.75) is 11.8 Å². The summed E-state index contributed by atoms with van der Waals surface area (Å²) in [7, 11) is -3.76. The number of para-hydroxylation sites is 2. The monoisotopic (exact) mass is 342 g/mol. The number of hydrogen-bond donors (Lipinski definition) is 1. The van der Waals surface area contributed by atoms with Gasteiger partial charge in [-0.1, -0.05) is 29.8 Å². The molecule has 1 N–H and O–H groups in total. The Balaban J connectivity index is 1.82. The molecule has 0 fully saturated rings. The lowest BCUT2D eigenvalue weighted by molar-refractivity contribution is -0.577. The number of rotatable bonds is 4. The van der Waals surface area contributed by atoms with E-state index in [1.54, 1.807) is 36.4 Å².